The van der Waals surface area contributed by atoms with Gasteiger partial charge in [-0.05, 0) is 23.0 Å². The van der Waals surface area contributed by atoms with Crippen molar-refractivity contribution in [2.24, 2.45) is 0 Å². The Balaban J connectivity index is 0. The molecule has 0 atom stereocenters. The van der Waals surface area contributed by atoms with Crippen molar-refractivity contribution in [3.05, 3.63) is 29.3 Å². The molecule has 1 rings (SSSR count). The molecular formula is C14H25Na2O5P. The first-order chi connectivity index (χ1) is 9.22. The van der Waals surface area contributed by atoms with E-state index in [-0.39, 0.29) is 72.3 Å². The average molecular weight is 350 g/mol. The van der Waals surface area contributed by atoms with Crippen LogP contribution >= 0.6 is 7.82 Å². The molecule has 0 aliphatic rings. The summed E-state index contributed by atoms with van der Waals surface area (Å²) in [6.45, 7) is 8.29. The molecule has 0 aliphatic heterocycles. The van der Waals surface area contributed by atoms with Crippen molar-refractivity contribution in [2.75, 3.05) is 13.2 Å². The van der Waals surface area contributed by atoms with E-state index in [1.54, 1.807) is 0 Å². The van der Waals surface area contributed by atoms with Gasteiger partial charge in [0.05, 0.1) is 6.61 Å². The molecule has 0 aromatic heterocycles. The van der Waals surface area contributed by atoms with Crippen LogP contribution in [0.1, 0.15) is 50.7 Å². The van der Waals surface area contributed by atoms with Gasteiger partial charge < -0.3 is 14.5 Å². The van der Waals surface area contributed by atoms with Gasteiger partial charge in [-0.25, -0.2) is 4.57 Å². The van der Waals surface area contributed by atoms with Gasteiger partial charge in [0.1, 0.15) is 12.4 Å². The quantitative estimate of drug-likeness (QED) is 0.448. The molecule has 0 heterocycles. The fourth-order valence-electron chi connectivity index (χ4n) is 1.95. The maximum atomic E-state index is 10.6. The van der Waals surface area contributed by atoms with Gasteiger partial charge >= 0.3 is 66.9 Å². The van der Waals surface area contributed by atoms with Crippen LogP contribution in [-0.2, 0) is 9.09 Å². The van der Waals surface area contributed by atoms with E-state index in [0.717, 1.165) is 16.9 Å². The van der Waals surface area contributed by atoms with Crippen molar-refractivity contribution in [1.82, 2.24) is 0 Å². The van der Waals surface area contributed by atoms with Gasteiger partial charge in [-0.3, -0.25) is 4.52 Å². The molecule has 0 bridgehead atoms. The molecule has 5 nitrogen and oxygen atoms in total. The van der Waals surface area contributed by atoms with Gasteiger partial charge in [-0.1, -0.05) is 45.9 Å². The molecule has 8 heteroatoms. The Labute approximate surface area is 177 Å². The first-order valence-corrected chi connectivity index (χ1v) is 8.21. The van der Waals surface area contributed by atoms with Crippen molar-refractivity contribution in [3.63, 3.8) is 0 Å². The maximum absolute atomic E-state index is 10.6. The normalized spacial score (nSPS) is 11.1. The van der Waals surface area contributed by atoms with Gasteiger partial charge in [-0.15, -0.1) is 0 Å². The molecular weight excluding hydrogens is 325 g/mol. The second kappa shape index (κ2) is 11.6. The monoisotopic (exact) mass is 350 g/mol. The summed E-state index contributed by atoms with van der Waals surface area (Å²) in [5, 5.41) is 0. The number of phosphoric acid groups is 1. The van der Waals surface area contributed by atoms with Gasteiger partial charge in [-0.2, -0.15) is 0 Å². The molecule has 0 spiro atoms. The number of rotatable bonds is 7. The summed E-state index contributed by atoms with van der Waals surface area (Å²) in [5.41, 5.74) is 2.18. The number of benzene rings is 1. The first kappa shape index (κ1) is 25.4. The van der Waals surface area contributed by atoms with Crippen LogP contribution in [0, 0.1) is 0 Å². The SMILES string of the molecule is CC(C)c1cccc(C(C)C)c1OCCOP(=O)(O)O.[NaH].[NaH]. The second-order valence-corrected chi connectivity index (χ2v) is 6.49. The summed E-state index contributed by atoms with van der Waals surface area (Å²) >= 11 is 0. The van der Waals surface area contributed by atoms with E-state index in [0.29, 0.717) is 11.8 Å². The van der Waals surface area contributed by atoms with Crippen molar-refractivity contribution < 1.29 is 23.6 Å². The Morgan fingerprint density at radius 2 is 1.45 bits per heavy atom. The van der Waals surface area contributed by atoms with E-state index in [1.165, 1.54) is 0 Å². The molecule has 0 aliphatic carbocycles. The summed E-state index contributed by atoms with van der Waals surface area (Å²) < 4.78 is 20.7. The average Bonchev–Trinajstić information content (AvgIpc) is 2.32. The molecule has 0 amide bonds. The van der Waals surface area contributed by atoms with Gasteiger partial charge in [0.15, 0.2) is 0 Å². The number of hydrogen-bond donors (Lipinski definition) is 2. The Bertz CT molecular complexity index is 462. The molecule has 118 valence electrons. The molecule has 0 unspecified atom stereocenters. The number of hydrogen-bond acceptors (Lipinski definition) is 3. The third kappa shape index (κ3) is 8.84. The standard InChI is InChI=1S/C14H23O5P.2Na.2H/c1-10(2)12-6-5-7-13(11(3)4)14(12)18-8-9-19-20(15,16)17;;;;/h5-7,10-11H,8-9H2,1-4H3,(H2,15,16,17);;;;. The van der Waals surface area contributed by atoms with Crippen molar-refractivity contribution in [1.29, 1.82) is 0 Å². The van der Waals surface area contributed by atoms with E-state index in [4.69, 9.17) is 14.5 Å². The van der Waals surface area contributed by atoms with Crippen LogP contribution < -0.4 is 4.74 Å². The van der Waals surface area contributed by atoms with Crippen LogP contribution in [0.2, 0.25) is 0 Å². The Morgan fingerprint density at radius 3 is 1.82 bits per heavy atom. The second-order valence-electron chi connectivity index (χ2n) is 5.25. The minimum atomic E-state index is -4.43. The van der Waals surface area contributed by atoms with Gasteiger partial charge in [0, 0.05) is 0 Å². The summed E-state index contributed by atoms with van der Waals surface area (Å²) in [4.78, 5) is 17.3. The van der Waals surface area contributed by atoms with E-state index < -0.39 is 7.82 Å². The van der Waals surface area contributed by atoms with Gasteiger partial charge in [0.25, 0.3) is 0 Å². The van der Waals surface area contributed by atoms with Gasteiger partial charge in [0.2, 0.25) is 0 Å². The fraction of sp³-hybridized carbons (Fsp3) is 0.571. The Kier molecular flexibility index (Phi) is 13.4. The third-order valence-electron chi connectivity index (χ3n) is 2.91. The topological polar surface area (TPSA) is 76.0 Å². The van der Waals surface area contributed by atoms with Crippen LogP contribution in [-0.4, -0.2) is 82.1 Å². The van der Waals surface area contributed by atoms with E-state index in [1.807, 2.05) is 18.2 Å². The fourth-order valence-corrected chi connectivity index (χ4v) is 2.26. The van der Waals surface area contributed by atoms with E-state index >= 15 is 0 Å². The Hall–Kier alpha value is 1.13. The van der Waals surface area contributed by atoms with Crippen LogP contribution in [0.4, 0.5) is 0 Å². The van der Waals surface area contributed by atoms with E-state index in [2.05, 4.69) is 32.2 Å². The zero-order valence-corrected chi connectivity index (χ0v) is 13.3. The molecule has 1 aromatic rings. The van der Waals surface area contributed by atoms with Crippen LogP contribution in [0.15, 0.2) is 18.2 Å². The number of ether oxygens (including phenoxy) is 1. The Morgan fingerprint density at radius 1 is 1.00 bits per heavy atom. The summed E-state index contributed by atoms with van der Waals surface area (Å²) in [6, 6.07) is 6.02. The van der Waals surface area contributed by atoms with Crippen LogP contribution in [0.3, 0.4) is 0 Å². The molecule has 2 N–H and O–H groups in total. The first-order valence-electron chi connectivity index (χ1n) is 6.68. The molecule has 22 heavy (non-hydrogen) atoms. The zero-order valence-electron chi connectivity index (χ0n) is 12.4. The van der Waals surface area contributed by atoms with Crippen LogP contribution in [0.5, 0.6) is 5.75 Å². The van der Waals surface area contributed by atoms with E-state index in [9.17, 15) is 4.57 Å². The molecule has 1 aromatic carbocycles. The zero-order chi connectivity index (χ0) is 15.3. The molecule has 0 saturated carbocycles. The molecule has 0 saturated heterocycles. The predicted octanol–water partition coefficient (Wildman–Crippen LogP) is 2.12. The number of para-hydroxylation sites is 1. The minimum absolute atomic E-state index is 0. The molecule has 0 fully saturated rings. The summed E-state index contributed by atoms with van der Waals surface area (Å²) in [5.74, 6) is 1.42. The number of phosphoric ester groups is 1. The van der Waals surface area contributed by atoms with Crippen molar-refractivity contribution >= 4 is 66.9 Å². The summed E-state index contributed by atoms with van der Waals surface area (Å²) in [6.07, 6.45) is 0. The summed E-state index contributed by atoms with van der Waals surface area (Å²) in [7, 11) is -4.43. The predicted molar refractivity (Wildman–Crippen MR) is 92.4 cm³/mol. The van der Waals surface area contributed by atoms with Crippen molar-refractivity contribution in [2.45, 2.75) is 39.5 Å². The third-order valence-corrected chi connectivity index (χ3v) is 3.43. The van der Waals surface area contributed by atoms with Crippen LogP contribution in [0.25, 0.3) is 0 Å². The molecule has 0 radical (unpaired) electrons. The van der Waals surface area contributed by atoms with Crippen molar-refractivity contribution in [3.8, 4) is 5.75 Å².